The summed E-state index contributed by atoms with van der Waals surface area (Å²) in [4.78, 5) is 21.7. The molecule has 0 spiro atoms. The molecule has 3 heterocycles. The van der Waals surface area contributed by atoms with Crippen LogP contribution in [0.25, 0.3) is 0 Å². The fourth-order valence-electron chi connectivity index (χ4n) is 2.22. The summed E-state index contributed by atoms with van der Waals surface area (Å²) < 4.78 is 0.899. The molecule has 1 aliphatic rings. The SMILES string of the molecule is Cc1nccc(N2CCN(c3ncc(Br)cn3)CC2)n1. The quantitative estimate of drug-likeness (QED) is 0.832. The summed E-state index contributed by atoms with van der Waals surface area (Å²) >= 11 is 3.35. The third kappa shape index (κ3) is 2.87. The third-order valence-corrected chi connectivity index (χ3v) is 3.66. The summed E-state index contributed by atoms with van der Waals surface area (Å²) in [6.45, 7) is 5.52. The van der Waals surface area contributed by atoms with Gasteiger partial charge in [-0.1, -0.05) is 0 Å². The van der Waals surface area contributed by atoms with Crippen molar-refractivity contribution in [2.45, 2.75) is 6.92 Å². The Morgan fingerprint density at radius 2 is 1.65 bits per heavy atom. The van der Waals surface area contributed by atoms with E-state index in [1.807, 2.05) is 19.2 Å². The molecule has 7 heteroatoms. The average Bonchev–Trinajstić information content (AvgIpc) is 2.48. The van der Waals surface area contributed by atoms with E-state index < -0.39 is 0 Å². The molecule has 0 bridgehead atoms. The van der Waals surface area contributed by atoms with Gasteiger partial charge in [-0.2, -0.15) is 0 Å². The Kier molecular flexibility index (Phi) is 3.77. The number of aryl methyl sites for hydroxylation is 1. The molecule has 1 aliphatic heterocycles. The number of rotatable bonds is 2. The standard InChI is InChI=1S/C13H15BrN6/c1-10-15-3-2-12(18-10)19-4-6-20(7-5-19)13-16-8-11(14)9-17-13/h2-3,8-9H,4-7H2,1H3. The summed E-state index contributed by atoms with van der Waals surface area (Å²) in [6, 6.07) is 1.96. The van der Waals surface area contributed by atoms with E-state index in [2.05, 4.69) is 45.7 Å². The maximum atomic E-state index is 4.47. The second kappa shape index (κ2) is 5.70. The molecule has 0 radical (unpaired) electrons. The zero-order chi connectivity index (χ0) is 13.9. The monoisotopic (exact) mass is 334 g/mol. The van der Waals surface area contributed by atoms with Gasteiger partial charge in [0.25, 0.3) is 0 Å². The molecule has 0 amide bonds. The van der Waals surface area contributed by atoms with Crippen molar-refractivity contribution in [1.82, 2.24) is 19.9 Å². The zero-order valence-electron chi connectivity index (χ0n) is 11.2. The smallest absolute Gasteiger partial charge is 0.225 e. The Morgan fingerprint density at radius 3 is 2.30 bits per heavy atom. The van der Waals surface area contributed by atoms with Crippen LogP contribution in [-0.2, 0) is 0 Å². The highest BCUT2D eigenvalue weighted by Gasteiger charge is 2.19. The molecule has 20 heavy (non-hydrogen) atoms. The number of piperazine rings is 1. The van der Waals surface area contributed by atoms with Crippen molar-refractivity contribution in [1.29, 1.82) is 0 Å². The Bertz CT molecular complexity index is 580. The molecule has 0 N–H and O–H groups in total. The van der Waals surface area contributed by atoms with Gasteiger partial charge in [0.05, 0.1) is 4.47 Å². The van der Waals surface area contributed by atoms with Crippen molar-refractivity contribution in [3.63, 3.8) is 0 Å². The van der Waals surface area contributed by atoms with Gasteiger partial charge < -0.3 is 9.80 Å². The van der Waals surface area contributed by atoms with Crippen molar-refractivity contribution in [2.75, 3.05) is 36.0 Å². The van der Waals surface area contributed by atoms with Gasteiger partial charge in [-0.3, -0.25) is 0 Å². The van der Waals surface area contributed by atoms with Gasteiger partial charge in [0.2, 0.25) is 5.95 Å². The Hall–Kier alpha value is -1.76. The Labute approximate surface area is 126 Å². The lowest BCUT2D eigenvalue weighted by Crippen LogP contribution is -2.47. The molecule has 0 unspecified atom stereocenters. The van der Waals surface area contributed by atoms with Crippen molar-refractivity contribution in [3.8, 4) is 0 Å². The first-order chi connectivity index (χ1) is 9.72. The highest BCUT2D eigenvalue weighted by molar-refractivity contribution is 9.10. The summed E-state index contributed by atoms with van der Waals surface area (Å²) in [5, 5.41) is 0. The predicted molar refractivity (Wildman–Crippen MR) is 80.9 cm³/mol. The maximum absolute atomic E-state index is 4.47. The van der Waals surface area contributed by atoms with E-state index in [-0.39, 0.29) is 0 Å². The molecule has 0 atom stereocenters. The van der Waals surface area contributed by atoms with E-state index >= 15 is 0 Å². The van der Waals surface area contributed by atoms with Crippen LogP contribution in [0.4, 0.5) is 11.8 Å². The van der Waals surface area contributed by atoms with Crippen LogP contribution in [0.2, 0.25) is 0 Å². The molecule has 0 aromatic carbocycles. The number of hydrogen-bond acceptors (Lipinski definition) is 6. The first-order valence-corrected chi connectivity index (χ1v) is 7.29. The maximum Gasteiger partial charge on any atom is 0.225 e. The molecule has 3 rings (SSSR count). The van der Waals surface area contributed by atoms with E-state index in [1.165, 1.54) is 0 Å². The molecule has 2 aromatic rings. The summed E-state index contributed by atoms with van der Waals surface area (Å²) in [6.07, 6.45) is 5.37. The highest BCUT2D eigenvalue weighted by atomic mass is 79.9. The number of halogens is 1. The molecule has 0 aliphatic carbocycles. The van der Waals surface area contributed by atoms with E-state index in [1.54, 1.807) is 12.4 Å². The van der Waals surface area contributed by atoms with E-state index in [9.17, 15) is 0 Å². The van der Waals surface area contributed by atoms with Crippen LogP contribution in [-0.4, -0.2) is 46.1 Å². The number of aromatic nitrogens is 4. The second-order valence-electron chi connectivity index (χ2n) is 4.64. The van der Waals surface area contributed by atoms with Crippen LogP contribution in [0.1, 0.15) is 5.82 Å². The molecule has 2 aromatic heterocycles. The number of nitrogens with zero attached hydrogens (tertiary/aromatic N) is 6. The fraction of sp³-hybridized carbons (Fsp3) is 0.385. The second-order valence-corrected chi connectivity index (χ2v) is 5.55. The third-order valence-electron chi connectivity index (χ3n) is 3.25. The molecule has 104 valence electrons. The minimum Gasteiger partial charge on any atom is -0.353 e. The van der Waals surface area contributed by atoms with E-state index in [4.69, 9.17) is 0 Å². The molecule has 1 saturated heterocycles. The van der Waals surface area contributed by atoms with Gasteiger partial charge in [-0.05, 0) is 28.9 Å². The van der Waals surface area contributed by atoms with Crippen LogP contribution >= 0.6 is 15.9 Å². The van der Waals surface area contributed by atoms with Gasteiger partial charge in [0.1, 0.15) is 11.6 Å². The fourth-order valence-corrected chi connectivity index (χ4v) is 2.43. The molecular formula is C13H15BrN6. The lowest BCUT2D eigenvalue weighted by atomic mass is 10.3. The summed E-state index contributed by atoms with van der Waals surface area (Å²) in [5.74, 6) is 2.58. The van der Waals surface area contributed by atoms with Crippen molar-refractivity contribution >= 4 is 27.7 Å². The van der Waals surface area contributed by atoms with Gasteiger partial charge in [-0.25, -0.2) is 19.9 Å². The van der Waals surface area contributed by atoms with E-state index in [0.717, 1.165) is 48.2 Å². The Morgan fingerprint density at radius 1 is 1.00 bits per heavy atom. The van der Waals surface area contributed by atoms with Gasteiger partial charge in [-0.15, -0.1) is 0 Å². The van der Waals surface area contributed by atoms with Gasteiger partial charge >= 0.3 is 0 Å². The first kappa shape index (κ1) is 13.2. The van der Waals surface area contributed by atoms with Crippen LogP contribution in [0.5, 0.6) is 0 Å². The predicted octanol–water partition coefficient (Wildman–Crippen LogP) is 1.66. The number of hydrogen-bond donors (Lipinski definition) is 0. The number of anilines is 2. The average molecular weight is 335 g/mol. The summed E-state index contributed by atoms with van der Waals surface area (Å²) in [7, 11) is 0. The topological polar surface area (TPSA) is 58.0 Å². The lowest BCUT2D eigenvalue weighted by molar-refractivity contribution is 0.633. The molecule has 0 saturated carbocycles. The summed E-state index contributed by atoms with van der Waals surface area (Å²) in [5.41, 5.74) is 0. The first-order valence-electron chi connectivity index (χ1n) is 6.49. The van der Waals surface area contributed by atoms with Crippen LogP contribution in [0.15, 0.2) is 29.1 Å². The highest BCUT2D eigenvalue weighted by Crippen LogP contribution is 2.16. The van der Waals surface area contributed by atoms with Crippen molar-refractivity contribution in [2.24, 2.45) is 0 Å². The Balaban J connectivity index is 1.66. The molecule has 1 fully saturated rings. The minimum atomic E-state index is 0.784. The van der Waals surface area contributed by atoms with Crippen LogP contribution in [0.3, 0.4) is 0 Å². The van der Waals surface area contributed by atoms with Crippen molar-refractivity contribution < 1.29 is 0 Å². The van der Waals surface area contributed by atoms with Crippen LogP contribution < -0.4 is 9.80 Å². The normalized spacial score (nSPS) is 15.5. The van der Waals surface area contributed by atoms with Gasteiger partial charge in [0.15, 0.2) is 0 Å². The van der Waals surface area contributed by atoms with Crippen LogP contribution in [0, 0.1) is 6.92 Å². The van der Waals surface area contributed by atoms with Gasteiger partial charge in [0, 0.05) is 44.8 Å². The minimum absolute atomic E-state index is 0.784. The van der Waals surface area contributed by atoms with Crippen molar-refractivity contribution in [3.05, 3.63) is 35.0 Å². The lowest BCUT2D eigenvalue weighted by Gasteiger charge is -2.35. The zero-order valence-corrected chi connectivity index (χ0v) is 12.8. The molecular weight excluding hydrogens is 320 g/mol. The molecule has 6 nitrogen and oxygen atoms in total. The largest absolute Gasteiger partial charge is 0.353 e. The van der Waals surface area contributed by atoms with E-state index in [0.29, 0.717) is 0 Å².